The van der Waals surface area contributed by atoms with Crippen LogP contribution in [-0.2, 0) is 22.6 Å². The van der Waals surface area contributed by atoms with Crippen LogP contribution in [0.4, 0.5) is 0 Å². The van der Waals surface area contributed by atoms with Crippen LogP contribution in [0.1, 0.15) is 19.7 Å². The normalized spacial score (nSPS) is 12.3. The zero-order valence-electron chi connectivity index (χ0n) is 16.3. The lowest BCUT2D eigenvalue weighted by Gasteiger charge is -1.99. The summed E-state index contributed by atoms with van der Waals surface area (Å²) in [5.74, 6) is 0.866. The first kappa shape index (κ1) is 21.8. The van der Waals surface area contributed by atoms with Gasteiger partial charge in [0.15, 0.2) is 11.6 Å². The Labute approximate surface area is 167 Å². The summed E-state index contributed by atoms with van der Waals surface area (Å²) in [5.41, 5.74) is 1.87. The van der Waals surface area contributed by atoms with E-state index in [1.54, 1.807) is 0 Å². The van der Waals surface area contributed by atoms with Gasteiger partial charge in [0, 0.05) is 51.7 Å². The second-order valence-electron chi connectivity index (χ2n) is 6.15. The molecule has 0 atom stereocenters. The number of fused-ring (bicyclic) bond motifs is 1. The molecule has 0 amide bonds. The largest absolute Gasteiger partial charge is 0.481 e. The lowest BCUT2D eigenvalue weighted by atomic mass is 10.2. The molecule has 29 heavy (non-hydrogen) atoms. The summed E-state index contributed by atoms with van der Waals surface area (Å²) < 4.78 is 2.19. The first-order valence-corrected chi connectivity index (χ1v) is 9.01. The summed E-state index contributed by atoms with van der Waals surface area (Å²) in [6.07, 6.45) is 3.00. The van der Waals surface area contributed by atoms with E-state index in [2.05, 4.69) is 36.2 Å². The molecule has 0 saturated carbocycles. The maximum Gasteiger partial charge on any atom is 0.300 e. The lowest BCUT2D eigenvalue weighted by Crippen LogP contribution is -2.17. The lowest BCUT2D eigenvalue weighted by molar-refractivity contribution is -0.135. The number of H-pyrrole nitrogens is 1. The van der Waals surface area contributed by atoms with Crippen LogP contribution < -0.4 is 5.32 Å². The third kappa shape index (κ3) is 7.18. The molecule has 1 aliphatic heterocycles. The quantitative estimate of drug-likeness (QED) is 0.508. The highest BCUT2D eigenvalue weighted by atomic mass is 16.4. The number of nitrogens with zero attached hydrogens (tertiary/aromatic N) is 4. The number of imidazole rings is 1. The van der Waals surface area contributed by atoms with Crippen molar-refractivity contribution in [3.05, 3.63) is 42.4 Å². The number of aromatic nitrogens is 5. The molecule has 3 aromatic rings. The van der Waals surface area contributed by atoms with Gasteiger partial charge in [0.2, 0.25) is 0 Å². The minimum absolute atomic E-state index is 0.704. The zero-order valence-corrected chi connectivity index (χ0v) is 16.3. The molecule has 1 aliphatic rings. The van der Waals surface area contributed by atoms with Gasteiger partial charge < -0.3 is 20.1 Å². The molecule has 0 fully saturated rings. The van der Waals surface area contributed by atoms with E-state index in [4.69, 9.17) is 19.8 Å². The smallest absolute Gasteiger partial charge is 0.300 e. The molecule has 0 unspecified atom stereocenters. The standard InChI is InChI=1S/C15H16N6.2C2H4O2/c1-2-4-11(5-3-1)14-18-15(20-19-14)12-10-21-9-8-16-7-6-13(21)17-12;2*1-2(3)4/h1-5,10,16H,6-9H2,(H,18,19,20);2*1H3,(H,3,4). The third-order valence-electron chi connectivity index (χ3n) is 3.67. The van der Waals surface area contributed by atoms with Crippen LogP contribution in [0, 0.1) is 0 Å². The van der Waals surface area contributed by atoms with Crippen molar-refractivity contribution in [2.75, 3.05) is 13.1 Å². The van der Waals surface area contributed by atoms with Crippen LogP contribution >= 0.6 is 0 Å². The minimum atomic E-state index is -0.833. The average molecular weight is 400 g/mol. The molecule has 10 nitrogen and oxygen atoms in total. The van der Waals surface area contributed by atoms with Crippen LogP contribution in [-0.4, -0.2) is 60.0 Å². The highest BCUT2D eigenvalue weighted by Crippen LogP contribution is 2.20. The van der Waals surface area contributed by atoms with E-state index in [1.807, 2.05) is 30.3 Å². The Balaban J connectivity index is 0.000000324. The summed E-state index contributed by atoms with van der Waals surface area (Å²) >= 11 is 0. The van der Waals surface area contributed by atoms with Gasteiger partial charge in [-0.3, -0.25) is 14.7 Å². The fraction of sp³-hybridized carbons (Fsp3) is 0.316. The molecular weight excluding hydrogens is 376 g/mol. The van der Waals surface area contributed by atoms with Crippen molar-refractivity contribution in [3.8, 4) is 22.9 Å². The maximum absolute atomic E-state index is 9.00. The van der Waals surface area contributed by atoms with Gasteiger partial charge in [0.25, 0.3) is 11.9 Å². The van der Waals surface area contributed by atoms with Gasteiger partial charge in [0.05, 0.1) is 0 Å². The van der Waals surface area contributed by atoms with Crippen molar-refractivity contribution < 1.29 is 19.8 Å². The maximum atomic E-state index is 9.00. The van der Waals surface area contributed by atoms with Gasteiger partial charge in [-0.05, 0) is 0 Å². The average Bonchev–Trinajstić information content (AvgIpc) is 3.24. The van der Waals surface area contributed by atoms with E-state index in [0.29, 0.717) is 5.82 Å². The van der Waals surface area contributed by atoms with E-state index < -0.39 is 11.9 Å². The Morgan fingerprint density at radius 3 is 2.34 bits per heavy atom. The molecule has 154 valence electrons. The van der Waals surface area contributed by atoms with E-state index >= 15 is 0 Å². The summed E-state index contributed by atoms with van der Waals surface area (Å²) in [6.45, 7) is 5.07. The molecule has 0 radical (unpaired) electrons. The first-order valence-electron chi connectivity index (χ1n) is 9.01. The molecule has 10 heteroatoms. The van der Waals surface area contributed by atoms with Gasteiger partial charge in [0.1, 0.15) is 11.5 Å². The highest BCUT2D eigenvalue weighted by molar-refractivity contribution is 5.63. The van der Waals surface area contributed by atoms with Gasteiger partial charge in [-0.1, -0.05) is 30.3 Å². The van der Waals surface area contributed by atoms with Crippen LogP contribution in [0.15, 0.2) is 36.5 Å². The zero-order chi connectivity index (χ0) is 21.2. The number of hydrogen-bond donors (Lipinski definition) is 4. The SMILES string of the molecule is CC(=O)O.CC(=O)O.c1ccc(-c2n[nH]c(-c3cn4c(n3)CCNCC4)n2)cc1. The molecule has 1 aromatic carbocycles. The third-order valence-corrected chi connectivity index (χ3v) is 3.67. The van der Waals surface area contributed by atoms with Crippen molar-refractivity contribution in [2.45, 2.75) is 26.8 Å². The van der Waals surface area contributed by atoms with Crippen LogP contribution in [0.25, 0.3) is 22.9 Å². The number of benzene rings is 1. The Kier molecular flexibility index (Phi) is 8.04. The van der Waals surface area contributed by atoms with E-state index in [-0.39, 0.29) is 0 Å². The molecule has 3 heterocycles. The topological polar surface area (TPSA) is 146 Å². The Hall–Kier alpha value is -3.53. The molecule has 0 spiro atoms. The number of hydrogen-bond acceptors (Lipinski definition) is 6. The molecule has 0 saturated heterocycles. The van der Waals surface area contributed by atoms with Crippen molar-refractivity contribution in [2.24, 2.45) is 0 Å². The molecule has 4 N–H and O–H groups in total. The van der Waals surface area contributed by atoms with Crippen molar-refractivity contribution in [3.63, 3.8) is 0 Å². The number of aromatic amines is 1. The number of carboxylic acid groups (broad SMARTS) is 2. The van der Waals surface area contributed by atoms with Crippen molar-refractivity contribution in [1.82, 2.24) is 30.0 Å². The summed E-state index contributed by atoms with van der Waals surface area (Å²) in [7, 11) is 0. The number of aliphatic carboxylic acids is 2. The second kappa shape index (κ2) is 10.7. The molecule has 2 aromatic heterocycles. The van der Waals surface area contributed by atoms with Crippen LogP contribution in [0.2, 0.25) is 0 Å². The van der Waals surface area contributed by atoms with Crippen molar-refractivity contribution >= 4 is 11.9 Å². The second-order valence-corrected chi connectivity index (χ2v) is 6.15. The van der Waals surface area contributed by atoms with Crippen LogP contribution in [0.5, 0.6) is 0 Å². The predicted octanol–water partition coefficient (Wildman–Crippen LogP) is 1.66. The predicted molar refractivity (Wildman–Crippen MR) is 106 cm³/mol. The number of rotatable bonds is 2. The highest BCUT2D eigenvalue weighted by Gasteiger charge is 2.15. The summed E-state index contributed by atoms with van der Waals surface area (Å²) in [6, 6.07) is 9.95. The van der Waals surface area contributed by atoms with Crippen LogP contribution in [0.3, 0.4) is 0 Å². The van der Waals surface area contributed by atoms with E-state index in [9.17, 15) is 0 Å². The van der Waals surface area contributed by atoms with E-state index in [0.717, 1.165) is 62.8 Å². The van der Waals surface area contributed by atoms with Gasteiger partial charge in [-0.2, -0.15) is 5.10 Å². The number of carbonyl (C=O) groups is 2. The summed E-state index contributed by atoms with van der Waals surface area (Å²) in [4.78, 5) is 27.2. The number of nitrogens with one attached hydrogen (secondary N) is 2. The van der Waals surface area contributed by atoms with Gasteiger partial charge in [-0.15, -0.1) is 0 Å². The Morgan fingerprint density at radius 2 is 1.69 bits per heavy atom. The fourth-order valence-electron chi connectivity index (χ4n) is 2.58. The summed E-state index contributed by atoms with van der Waals surface area (Å²) in [5, 5.41) is 25.5. The Morgan fingerprint density at radius 1 is 1.03 bits per heavy atom. The number of carboxylic acids is 2. The first-order chi connectivity index (χ1) is 13.9. The Bertz CT molecular complexity index is 892. The molecule has 0 bridgehead atoms. The fourth-order valence-corrected chi connectivity index (χ4v) is 2.58. The molecule has 0 aliphatic carbocycles. The minimum Gasteiger partial charge on any atom is -0.481 e. The molecule has 4 rings (SSSR count). The van der Waals surface area contributed by atoms with Crippen molar-refractivity contribution in [1.29, 1.82) is 0 Å². The molecular formula is C19H24N6O4. The van der Waals surface area contributed by atoms with Gasteiger partial charge in [-0.25, -0.2) is 9.97 Å². The van der Waals surface area contributed by atoms with Gasteiger partial charge >= 0.3 is 0 Å². The monoisotopic (exact) mass is 400 g/mol. The van der Waals surface area contributed by atoms with E-state index in [1.165, 1.54) is 0 Å².